The van der Waals surface area contributed by atoms with Crippen molar-refractivity contribution in [3.05, 3.63) is 23.8 Å². The van der Waals surface area contributed by atoms with Gasteiger partial charge < -0.3 is 14.3 Å². The number of hydrogen-bond acceptors (Lipinski definition) is 3. The molecule has 0 aromatic heterocycles. The lowest BCUT2D eigenvalue weighted by atomic mass is 10.2. The summed E-state index contributed by atoms with van der Waals surface area (Å²) in [5.74, 6) is 0. The number of nitrogens with zero attached hydrogens (tertiary/aromatic N) is 1. The van der Waals surface area contributed by atoms with Gasteiger partial charge in [-0.2, -0.15) is 0 Å². The zero-order chi connectivity index (χ0) is 9.14. The molecule has 0 heterocycles. The van der Waals surface area contributed by atoms with E-state index in [4.69, 9.17) is 11.1 Å². The molecule has 12 heavy (non-hydrogen) atoms. The van der Waals surface area contributed by atoms with Crippen molar-refractivity contribution >= 4 is 40.5 Å². The van der Waals surface area contributed by atoms with Crippen LogP contribution in [0.25, 0.3) is 0 Å². The Kier molecular flexibility index (Phi) is 2.91. The maximum absolute atomic E-state index is 7.10. The van der Waals surface area contributed by atoms with Crippen molar-refractivity contribution in [1.82, 2.24) is 0 Å². The quantitative estimate of drug-likeness (QED) is 0.375. The molecular weight excluding hydrogens is 265 g/mol. The second kappa shape index (κ2) is 3.75. The molecule has 0 saturated heterocycles. The van der Waals surface area contributed by atoms with E-state index in [0.717, 1.165) is 11.3 Å². The molecule has 1 rings (SSSR count). The minimum absolute atomic E-state index is 0.645. The molecule has 1 aromatic rings. The third-order valence-corrected chi connectivity index (χ3v) is 2.14. The van der Waals surface area contributed by atoms with E-state index in [1.165, 1.54) is 6.21 Å². The molecule has 0 saturated carbocycles. The Morgan fingerprint density at radius 2 is 2.25 bits per heavy atom. The van der Waals surface area contributed by atoms with Crippen molar-refractivity contribution < 1.29 is 0 Å². The third-order valence-electron chi connectivity index (χ3n) is 1.58. The topological polar surface area (TPSA) is 53.1 Å². The van der Waals surface area contributed by atoms with Crippen molar-refractivity contribution in [2.45, 2.75) is 0 Å². The summed E-state index contributed by atoms with van der Waals surface area (Å²) in [6, 6.07) is 5.62. The molecule has 1 aromatic carbocycles. The van der Waals surface area contributed by atoms with E-state index in [9.17, 15) is 0 Å². The monoisotopic (exact) mass is 275 g/mol. The Morgan fingerprint density at radius 1 is 1.58 bits per heavy atom. The summed E-state index contributed by atoms with van der Waals surface area (Å²) in [6.07, 6.45) is 1.26. The Hall–Kier alpha value is -0.780. The summed E-state index contributed by atoms with van der Waals surface area (Å²) in [4.78, 5) is 0. The summed E-state index contributed by atoms with van der Waals surface area (Å²) in [7, 11) is 1.94. The van der Waals surface area contributed by atoms with Crippen LogP contribution in [0.5, 0.6) is 0 Å². The number of halogens is 1. The van der Waals surface area contributed by atoms with Gasteiger partial charge in [0.2, 0.25) is 0 Å². The van der Waals surface area contributed by atoms with E-state index in [0.29, 0.717) is 5.69 Å². The lowest BCUT2D eigenvalue weighted by Gasteiger charge is -2.10. The molecule has 0 aliphatic rings. The number of nitrogens with one attached hydrogen (secondary N) is 1. The molecule has 3 N–H and O–H groups in total. The van der Waals surface area contributed by atoms with Crippen molar-refractivity contribution in [1.29, 1.82) is 5.41 Å². The summed E-state index contributed by atoms with van der Waals surface area (Å²) < 4.78 is 1.95. The Labute approximate surface area is 85.6 Å². The van der Waals surface area contributed by atoms with Crippen molar-refractivity contribution in [2.75, 3.05) is 15.9 Å². The predicted molar refractivity (Wildman–Crippen MR) is 61.2 cm³/mol. The summed E-state index contributed by atoms with van der Waals surface area (Å²) in [6.45, 7) is 0. The van der Waals surface area contributed by atoms with Gasteiger partial charge >= 0.3 is 0 Å². The minimum Gasteiger partial charge on any atom is -0.398 e. The highest BCUT2D eigenvalue weighted by molar-refractivity contribution is 14.1. The molecule has 0 aliphatic carbocycles. The Morgan fingerprint density at radius 3 is 2.75 bits per heavy atom. The minimum atomic E-state index is 0.645. The fourth-order valence-corrected chi connectivity index (χ4v) is 1.18. The summed E-state index contributed by atoms with van der Waals surface area (Å²) >= 11 is 2.17. The van der Waals surface area contributed by atoms with Gasteiger partial charge in [-0.25, -0.2) is 0 Å². The maximum Gasteiger partial charge on any atom is 0.0588 e. The van der Waals surface area contributed by atoms with Crippen LogP contribution < -0.4 is 8.85 Å². The first-order valence-electron chi connectivity index (χ1n) is 3.44. The Bertz CT molecular complexity index is 296. The lowest BCUT2D eigenvalue weighted by molar-refractivity contribution is 1.40. The third kappa shape index (κ3) is 1.88. The van der Waals surface area contributed by atoms with Gasteiger partial charge in [-0.3, -0.25) is 0 Å². The second-order valence-corrected chi connectivity index (χ2v) is 3.88. The highest BCUT2D eigenvalue weighted by atomic mass is 127. The largest absolute Gasteiger partial charge is 0.398 e. The zero-order valence-corrected chi connectivity index (χ0v) is 8.87. The smallest absolute Gasteiger partial charge is 0.0588 e. The van der Waals surface area contributed by atoms with E-state index in [1.807, 2.05) is 28.4 Å². The first-order valence-corrected chi connectivity index (χ1v) is 4.41. The highest BCUT2D eigenvalue weighted by Gasteiger charge is 1.99. The van der Waals surface area contributed by atoms with Crippen LogP contribution in [0.15, 0.2) is 18.2 Å². The van der Waals surface area contributed by atoms with E-state index in [2.05, 4.69) is 22.9 Å². The van der Waals surface area contributed by atoms with Gasteiger partial charge in [-0.15, -0.1) is 0 Å². The van der Waals surface area contributed by atoms with Gasteiger partial charge in [0, 0.05) is 30.2 Å². The first kappa shape index (κ1) is 9.31. The predicted octanol–water partition coefficient (Wildman–Crippen LogP) is 2.05. The fourth-order valence-electron chi connectivity index (χ4n) is 0.879. The standard InChI is InChI=1S/C8H10IN3/c1-12(9)7-2-3-8(11)6(4-7)5-10/h2-5,10H,11H2,1H3. The van der Waals surface area contributed by atoms with Crippen LogP contribution in [0.1, 0.15) is 5.56 Å². The van der Waals surface area contributed by atoms with Gasteiger partial charge in [-0.1, -0.05) is 0 Å². The molecule has 64 valence electrons. The molecular formula is C8H10IN3. The number of hydrogen-bond donors (Lipinski definition) is 2. The van der Waals surface area contributed by atoms with Gasteiger partial charge in [0.05, 0.1) is 22.9 Å². The first-order chi connectivity index (χ1) is 5.65. The second-order valence-electron chi connectivity index (χ2n) is 2.43. The van der Waals surface area contributed by atoms with Crippen LogP contribution in [-0.2, 0) is 0 Å². The summed E-state index contributed by atoms with van der Waals surface area (Å²) in [5.41, 5.74) is 8.08. The van der Waals surface area contributed by atoms with Crippen molar-refractivity contribution in [2.24, 2.45) is 0 Å². The van der Waals surface area contributed by atoms with Crippen LogP contribution >= 0.6 is 22.9 Å². The molecule has 0 spiro atoms. The highest BCUT2D eigenvalue weighted by Crippen LogP contribution is 2.20. The van der Waals surface area contributed by atoms with Crippen molar-refractivity contribution in [3.63, 3.8) is 0 Å². The van der Waals surface area contributed by atoms with Crippen LogP contribution in [0, 0.1) is 5.41 Å². The molecule has 0 unspecified atom stereocenters. The van der Waals surface area contributed by atoms with E-state index in [1.54, 1.807) is 0 Å². The molecule has 0 bridgehead atoms. The molecule has 0 atom stereocenters. The van der Waals surface area contributed by atoms with Crippen LogP contribution in [0.3, 0.4) is 0 Å². The number of nitrogen functional groups attached to an aromatic ring is 1. The van der Waals surface area contributed by atoms with Crippen molar-refractivity contribution in [3.8, 4) is 0 Å². The maximum atomic E-state index is 7.10. The average Bonchev–Trinajstić information content (AvgIpc) is 2.05. The number of anilines is 2. The number of rotatable bonds is 2. The number of nitrogens with two attached hydrogens (primary N) is 1. The van der Waals surface area contributed by atoms with Crippen LogP contribution in [-0.4, -0.2) is 13.3 Å². The average molecular weight is 275 g/mol. The van der Waals surface area contributed by atoms with Crippen LogP contribution in [0.4, 0.5) is 11.4 Å². The lowest BCUT2D eigenvalue weighted by Crippen LogP contribution is -2.01. The van der Waals surface area contributed by atoms with E-state index < -0.39 is 0 Å². The Balaban J connectivity index is 3.13. The van der Waals surface area contributed by atoms with Gasteiger partial charge in [0.25, 0.3) is 0 Å². The normalized spacial score (nSPS) is 9.50. The summed E-state index contributed by atoms with van der Waals surface area (Å²) in [5, 5.41) is 7.10. The number of benzene rings is 1. The SMILES string of the molecule is CN(I)c1ccc(N)c(C=N)c1. The molecule has 4 heteroatoms. The molecule has 0 fully saturated rings. The molecule has 3 nitrogen and oxygen atoms in total. The molecule has 0 amide bonds. The zero-order valence-electron chi connectivity index (χ0n) is 6.71. The van der Waals surface area contributed by atoms with Crippen LogP contribution in [0.2, 0.25) is 0 Å². The van der Waals surface area contributed by atoms with Gasteiger partial charge in [0.1, 0.15) is 0 Å². The molecule has 0 aliphatic heterocycles. The van der Waals surface area contributed by atoms with E-state index >= 15 is 0 Å². The van der Waals surface area contributed by atoms with Gasteiger partial charge in [-0.05, 0) is 18.2 Å². The van der Waals surface area contributed by atoms with E-state index in [-0.39, 0.29) is 0 Å². The van der Waals surface area contributed by atoms with Gasteiger partial charge in [0.15, 0.2) is 0 Å². The molecule has 0 radical (unpaired) electrons. The fraction of sp³-hybridized carbons (Fsp3) is 0.125.